The van der Waals surface area contributed by atoms with Crippen LogP contribution in [0.3, 0.4) is 0 Å². The van der Waals surface area contributed by atoms with E-state index in [2.05, 4.69) is 0 Å². The van der Waals surface area contributed by atoms with Gasteiger partial charge in [-0.1, -0.05) is 0 Å². The summed E-state index contributed by atoms with van der Waals surface area (Å²) in [7, 11) is 1.81. The van der Waals surface area contributed by atoms with Gasteiger partial charge in [0, 0.05) is 12.6 Å². The third-order valence-corrected chi connectivity index (χ3v) is 2.17. The van der Waals surface area contributed by atoms with Crippen LogP contribution in [0.4, 0.5) is 4.39 Å². The lowest BCUT2D eigenvalue weighted by Gasteiger charge is -2.17. The first-order valence-electron chi connectivity index (χ1n) is 4.23. The molecule has 1 N–H and O–H groups in total. The first-order chi connectivity index (χ1) is 6.09. The third-order valence-electron chi connectivity index (χ3n) is 2.17. The van der Waals surface area contributed by atoms with Gasteiger partial charge in [0.25, 0.3) is 0 Å². The van der Waals surface area contributed by atoms with E-state index in [-0.39, 0.29) is 12.6 Å². The molecule has 1 heterocycles. The summed E-state index contributed by atoms with van der Waals surface area (Å²) in [6, 6.07) is 0.0225. The molecule has 0 aromatic heterocycles. The summed E-state index contributed by atoms with van der Waals surface area (Å²) in [5, 5.41) is 8.29. The fraction of sp³-hybridized carbons (Fsp3) is 0.875. The van der Waals surface area contributed by atoms with E-state index in [0.29, 0.717) is 19.6 Å². The second-order valence-corrected chi connectivity index (χ2v) is 3.34. The van der Waals surface area contributed by atoms with E-state index < -0.39 is 12.1 Å². The number of alkyl halides is 1. The van der Waals surface area contributed by atoms with Gasteiger partial charge in [-0.05, 0) is 13.5 Å². The molecule has 1 rings (SSSR count). The van der Waals surface area contributed by atoms with E-state index >= 15 is 0 Å². The topological polar surface area (TPSA) is 49.8 Å². The summed E-state index contributed by atoms with van der Waals surface area (Å²) in [5.74, 6) is -0.988. The Morgan fingerprint density at radius 3 is 2.92 bits per heavy atom. The smallest absolute Gasteiger partial charge is 0.329 e. The van der Waals surface area contributed by atoms with Crippen molar-refractivity contribution in [3.05, 3.63) is 0 Å². The number of hydrogen-bond acceptors (Lipinski definition) is 3. The van der Waals surface area contributed by atoms with Gasteiger partial charge in [-0.25, -0.2) is 9.18 Å². The van der Waals surface area contributed by atoms with Crippen LogP contribution in [0.25, 0.3) is 0 Å². The molecule has 2 atom stereocenters. The average Bonchev–Trinajstić information content (AvgIpc) is 2.29. The first kappa shape index (κ1) is 10.4. The molecule has 5 heteroatoms. The highest BCUT2D eigenvalue weighted by Gasteiger charge is 2.29. The van der Waals surface area contributed by atoms with E-state index in [0.717, 1.165) is 0 Å². The molecule has 0 amide bonds. The molecule has 1 aliphatic rings. The molecule has 76 valence electrons. The van der Waals surface area contributed by atoms with Crippen LogP contribution in [-0.4, -0.2) is 55.0 Å². The summed E-state index contributed by atoms with van der Waals surface area (Å²) < 4.78 is 17.7. The molecule has 13 heavy (non-hydrogen) atoms. The Balaban J connectivity index is 2.18. The van der Waals surface area contributed by atoms with Crippen LogP contribution in [0.2, 0.25) is 0 Å². The van der Waals surface area contributed by atoms with Gasteiger partial charge in [0.05, 0.1) is 6.61 Å². The van der Waals surface area contributed by atoms with Crippen molar-refractivity contribution in [2.24, 2.45) is 0 Å². The lowest BCUT2D eigenvalue weighted by atomic mass is 10.2. The normalized spacial score (nSPS) is 29.4. The minimum absolute atomic E-state index is 0.0225. The third kappa shape index (κ3) is 3.28. The number of carbonyl (C=O) groups is 1. The number of rotatable bonds is 4. The second kappa shape index (κ2) is 4.53. The zero-order valence-electron chi connectivity index (χ0n) is 7.57. The number of hydrogen-bond donors (Lipinski definition) is 1. The van der Waals surface area contributed by atoms with Gasteiger partial charge in [-0.3, -0.25) is 4.90 Å². The summed E-state index contributed by atoms with van der Waals surface area (Å²) in [6.07, 6.45) is -0.362. The van der Waals surface area contributed by atoms with Crippen LogP contribution in [-0.2, 0) is 9.53 Å². The quantitative estimate of drug-likeness (QED) is 0.686. The molecule has 1 saturated heterocycles. The number of ether oxygens (including phenoxy) is 1. The standard InChI is InChI=1S/C8H14FNO3/c1-10-3-6(9)2-7(10)4-13-5-8(11)12/h6-7H,2-5H2,1H3,(H,11,12). The fourth-order valence-corrected chi connectivity index (χ4v) is 1.49. The highest BCUT2D eigenvalue weighted by atomic mass is 19.1. The highest BCUT2D eigenvalue weighted by Crippen LogP contribution is 2.18. The number of carboxylic acid groups (broad SMARTS) is 1. The van der Waals surface area contributed by atoms with Crippen molar-refractivity contribution < 1.29 is 19.0 Å². The second-order valence-electron chi connectivity index (χ2n) is 3.34. The van der Waals surface area contributed by atoms with Gasteiger partial charge >= 0.3 is 5.97 Å². The van der Waals surface area contributed by atoms with Crippen molar-refractivity contribution in [1.82, 2.24) is 4.90 Å². The van der Waals surface area contributed by atoms with E-state index in [9.17, 15) is 9.18 Å². The Labute approximate surface area is 76.3 Å². The van der Waals surface area contributed by atoms with Gasteiger partial charge in [0.15, 0.2) is 0 Å². The van der Waals surface area contributed by atoms with Crippen LogP contribution < -0.4 is 0 Å². The van der Waals surface area contributed by atoms with E-state index in [1.54, 1.807) is 0 Å². The lowest BCUT2D eigenvalue weighted by molar-refractivity contribution is -0.142. The average molecular weight is 191 g/mol. The molecule has 0 aliphatic carbocycles. The highest BCUT2D eigenvalue weighted by molar-refractivity contribution is 5.67. The Bertz CT molecular complexity index is 188. The largest absolute Gasteiger partial charge is 0.480 e. The van der Waals surface area contributed by atoms with E-state index in [1.165, 1.54) is 0 Å². The van der Waals surface area contributed by atoms with Crippen molar-refractivity contribution in [2.45, 2.75) is 18.6 Å². The molecule has 1 fully saturated rings. The molecule has 0 spiro atoms. The van der Waals surface area contributed by atoms with Gasteiger partial charge in [-0.15, -0.1) is 0 Å². The molecule has 4 nitrogen and oxygen atoms in total. The van der Waals surface area contributed by atoms with Gasteiger partial charge in [0.2, 0.25) is 0 Å². The summed E-state index contributed by atoms with van der Waals surface area (Å²) in [4.78, 5) is 12.0. The van der Waals surface area contributed by atoms with Crippen molar-refractivity contribution in [1.29, 1.82) is 0 Å². The van der Waals surface area contributed by atoms with Gasteiger partial charge < -0.3 is 9.84 Å². The van der Waals surface area contributed by atoms with Crippen LogP contribution in [0.1, 0.15) is 6.42 Å². The van der Waals surface area contributed by atoms with Crippen LogP contribution in [0.15, 0.2) is 0 Å². The number of aliphatic carboxylic acids is 1. The molecule has 1 aliphatic heterocycles. The van der Waals surface area contributed by atoms with Gasteiger partial charge in [-0.2, -0.15) is 0 Å². The fourth-order valence-electron chi connectivity index (χ4n) is 1.49. The molecule has 0 aromatic rings. The number of likely N-dealkylation sites (N-methyl/N-ethyl adjacent to an activating group) is 1. The maximum absolute atomic E-state index is 12.8. The van der Waals surface area contributed by atoms with Crippen molar-refractivity contribution in [3.63, 3.8) is 0 Å². The number of halogens is 1. The Hall–Kier alpha value is -0.680. The minimum atomic E-state index is -0.988. The monoisotopic (exact) mass is 191 g/mol. The Morgan fingerprint density at radius 2 is 2.46 bits per heavy atom. The van der Waals surface area contributed by atoms with Crippen molar-refractivity contribution in [3.8, 4) is 0 Å². The molecule has 0 saturated carbocycles. The number of likely N-dealkylation sites (tertiary alicyclic amines) is 1. The SMILES string of the molecule is CN1CC(F)CC1COCC(=O)O. The lowest BCUT2D eigenvalue weighted by Crippen LogP contribution is -2.30. The molecule has 2 unspecified atom stereocenters. The first-order valence-corrected chi connectivity index (χ1v) is 4.23. The van der Waals surface area contributed by atoms with Crippen molar-refractivity contribution >= 4 is 5.97 Å². The maximum atomic E-state index is 12.8. The van der Waals surface area contributed by atoms with Crippen LogP contribution in [0, 0.1) is 0 Å². The predicted molar refractivity (Wildman–Crippen MR) is 44.4 cm³/mol. The molecule has 0 radical (unpaired) electrons. The summed E-state index contributed by atoms with van der Waals surface area (Å²) >= 11 is 0. The zero-order valence-corrected chi connectivity index (χ0v) is 7.57. The summed E-state index contributed by atoms with van der Waals surface area (Å²) in [6.45, 7) is 0.408. The summed E-state index contributed by atoms with van der Waals surface area (Å²) in [5.41, 5.74) is 0. The number of carboxylic acids is 1. The van der Waals surface area contributed by atoms with E-state index in [4.69, 9.17) is 9.84 Å². The number of nitrogens with zero attached hydrogens (tertiary/aromatic N) is 1. The predicted octanol–water partition coefficient (Wildman–Crippen LogP) is 0.130. The molecule has 0 bridgehead atoms. The van der Waals surface area contributed by atoms with E-state index in [1.807, 2.05) is 11.9 Å². The molecule has 0 aromatic carbocycles. The Morgan fingerprint density at radius 1 is 1.77 bits per heavy atom. The zero-order chi connectivity index (χ0) is 9.84. The van der Waals surface area contributed by atoms with Gasteiger partial charge in [0.1, 0.15) is 12.8 Å². The van der Waals surface area contributed by atoms with Crippen LogP contribution >= 0.6 is 0 Å². The minimum Gasteiger partial charge on any atom is -0.480 e. The Kier molecular flexibility index (Phi) is 3.62. The van der Waals surface area contributed by atoms with Crippen molar-refractivity contribution in [2.75, 3.05) is 26.8 Å². The molecular weight excluding hydrogens is 177 g/mol. The van der Waals surface area contributed by atoms with Crippen LogP contribution in [0.5, 0.6) is 0 Å². The maximum Gasteiger partial charge on any atom is 0.329 e. The molecular formula is C8H14FNO3.